The molecule has 9 heteroatoms. The van der Waals surface area contributed by atoms with E-state index < -0.39 is 11.1 Å². The van der Waals surface area contributed by atoms with Crippen LogP contribution >= 0.6 is 11.3 Å². The van der Waals surface area contributed by atoms with Crippen LogP contribution in [0.2, 0.25) is 0 Å². The topological polar surface area (TPSA) is 37.4 Å². The highest BCUT2D eigenvalue weighted by Gasteiger charge is 2.33. The van der Waals surface area contributed by atoms with Gasteiger partial charge in [-0.05, 0) is 17.7 Å². The first-order valence-corrected chi connectivity index (χ1v) is 8.59. The summed E-state index contributed by atoms with van der Waals surface area (Å²) in [5.74, 6) is -0.343. The summed E-state index contributed by atoms with van der Waals surface area (Å²) in [6.45, 7) is 2.82. The van der Waals surface area contributed by atoms with Crippen LogP contribution in [0.1, 0.15) is 16.5 Å². The molecule has 1 aromatic heterocycles. The molecule has 1 unspecified atom stereocenters. The number of thiazole rings is 1. The minimum Gasteiger partial charge on any atom is -0.379 e. The average molecular weight is 375 g/mol. The van der Waals surface area contributed by atoms with Gasteiger partial charge in [-0.15, -0.1) is 0 Å². The van der Waals surface area contributed by atoms with E-state index in [9.17, 15) is 17.6 Å². The van der Waals surface area contributed by atoms with Gasteiger partial charge in [0.25, 0.3) is 0 Å². The van der Waals surface area contributed by atoms with Gasteiger partial charge in [0.05, 0.1) is 25.5 Å². The fourth-order valence-electron chi connectivity index (χ4n) is 2.73. The maximum Gasteiger partial charge on any atom is 0.427 e. The van der Waals surface area contributed by atoms with Crippen molar-refractivity contribution in [3.63, 3.8) is 0 Å². The van der Waals surface area contributed by atoms with E-state index in [1.165, 1.54) is 12.1 Å². The zero-order valence-electron chi connectivity index (χ0n) is 13.2. The summed E-state index contributed by atoms with van der Waals surface area (Å²) in [4.78, 5) is 5.16. The molecule has 25 heavy (non-hydrogen) atoms. The Morgan fingerprint density at radius 2 is 2.04 bits per heavy atom. The molecular weight excluding hydrogens is 358 g/mol. The molecular formula is C16H17F4N3OS. The van der Waals surface area contributed by atoms with Crippen molar-refractivity contribution in [1.29, 1.82) is 0 Å². The van der Waals surface area contributed by atoms with Crippen molar-refractivity contribution < 1.29 is 22.3 Å². The lowest BCUT2D eigenvalue weighted by Gasteiger charge is -2.34. The largest absolute Gasteiger partial charge is 0.427 e. The van der Waals surface area contributed by atoms with E-state index in [0.717, 1.165) is 11.8 Å². The molecule has 1 fully saturated rings. The number of benzene rings is 1. The summed E-state index contributed by atoms with van der Waals surface area (Å²) < 4.78 is 57.0. The standard InChI is InChI=1S/C16H17F4N3OS/c17-12-3-1-2-11(8-12)13(23-4-6-24-7-5-23)9-21-15-22-10-14(25-15)16(18,19)20/h1-3,8,10,13H,4-7,9H2,(H,21,22). The van der Waals surface area contributed by atoms with Crippen LogP contribution in [0.3, 0.4) is 0 Å². The van der Waals surface area contributed by atoms with Crippen LogP contribution in [0.15, 0.2) is 30.5 Å². The number of nitrogens with one attached hydrogen (secondary N) is 1. The normalized spacial score (nSPS) is 17.4. The molecule has 2 heterocycles. The Bertz CT molecular complexity index is 701. The highest BCUT2D eigenvalue weighted by atomic mass is 32.1. The zero-order chi connectivity index (χ0) is 17.9. The Hall–Kier alpha value is -1.71. The minimum atomic E-state index is -4.40. The number of halogens is 4. The SMILES string of the molecule is Fc1cccc(C(CNc2ncc(C(F)(F)F)s2)N2CCOCC2)c1. The Morgan fingerprint density at radius 1 is 1.28 bits per heavy atom. The van der Waals surface area contributed by atoms with Crippen LogP contribution < -0.4 is 5.32 Å². The molecule has 3 rings (SSSR count). The molecule has 0 bridgehead atoms. The number of ether oxygens (including phenoxy) is 1. The Morgan fingerprint density at radius 3 is 2.68 bits per heavy atom. The molecule has 136 valence electrons. The number of anilines is 1. The summed E-state index contributed by atoms with van der Waals surface area (Å²) in [6.07, 6.45) is -3.58. The van der Waals surface area contributed by atoms with Crippen molar-refractivity contribution in [2.24, 2.45) is 0 Å². The predicted molar refractivity (Wildman–Crippen MR) is 87.1 cm³/mol. The van der Waals surface area contributed by atoms with E-state index in [4.69, 9.17) is 4.74 Å². The van der Waals surface area contributed by atoms with Crippen LogP contribution in [0.25, 0.3) is 0 Å². The van der Waals surface area contributed by atoms with Gasteiger partial charge in [-0.1, -0.05) is 23.5 Å². The summed E-state index contributed by atoms with van der Waals surface area (Å²) in [5, 5.41) is 3.15. The van der Waals surface area contributed by atoms with Crippen LogP contribution in [0.5, 0.6) is 0 Å². The fourth-order valence-corrected chi connectivity index (χ4v) is 3.42. The van der Waals surface area contributed by atoms with Gasteiger partial charge >= 0.3 is 6.18 Å². The number of rotatable bonds is 5. The number of hydrogen-bond acceptors (Lipinski definition) is 5. The molecule has 1 atom stereocenters. The van der Waals surface area contributed by atoms with Gasteiger partial charge in [-0.3, -0.25) is 4.90 Å². The molecule has 2 aromatic rings. The first kappa shape index (κ1) is 18.1. The molecule has 1 saturated heterocycles. The van der Waals surface area contributed by atoms with Crippen molar-refractivity contribution in [3.05, 3.63) is 46.7 Å². The zero-order valence-corrected chi connectivity index (χ0v) is 14.0. The second-order valence-electron chi connectivity index (χ2n) is 5.63. The average Bonchev–Trinajstić information content (AvgIpc) is 3.05. The number of morpholine rings is 1. The molecule has 1 aliphatic heterocycles. The summed E-state index contributed by atoms with van der Waals surface area (Å²) in [5.41, 5.74) is 0.766. The van der Waals surface area contributed by atoms with Crippen molar-refractivity contribution in [1.82, 2.24) is 9.88 Å². The highest BCUT2D eigenvalue weighted by Crippen LogP contribution is 2.35. The maximum absolute atomic E-state index is 13.6. The molecule has 1 N–H and O–H groups in total. The molecule has 0 saturated carbocycles. The third kappa shape index (κ3) is 4.68. The fraction of sp³-hybridized carbons (Fsp3) is 0.438. The van der Waals surface area contributed by atoms with Gasteiger partial charge in [0.2, 0.25) is 0 Å². The molecule has 1 aliphatic rings. The van der Waals surface area contributed by atoms with Crippen molar-refractivity contribution in [2.45, 2.75) is 12.2 Å². The van der Waals surface area contributed by atoms with Gasteiger partial charge in [-0.25, -0.2) is 9.37 Å². The number of aromatic nitrogens is 1. The van der Waals surface area contributed by atoms with Crippen LogP contribution in [0, 0.1) is 5.82 Å². The van der Waals surface area contributed by atoms with E-state index >= 15 is 0 Å². The summed E-state index contributed by atoms with van der Waals surface area (Å²) >= 11 is 0.562. The quantitative estimate of drug-likeness (QED) is 0.807. The van der Waals surface area contributed by atoms with Crippen LogP contribution in [0.4, 0.5) is 22.7 Å². The van der Waals surface area contributed by atoms with E-state index in [2.05, 4.69) is 15.2 Å². The molecule has 0 spiro atoms. The third-order valence-corrected chi connectivity index (χ3v) is 4.95. The Balaban J connectivity index is 1.74. The van der Waals surface area contributed by atoms with Crippen molar-refractivity contribution in [3.8, 4) is 0 Å². The first-order chi connectivity index (χ1) is 11.9. The number of hydrogen-bond donors (Lipinski definition) is 1. The molecule has 4 nitrogen and oxygen atoms in total. The van der Waals surface area contributed by atoms with E-state index in [1.54, 1.807) is 6.07 Å². The Kier molecular flexibility index (Phi) is 5.55. The molecule has 0 amide bonds. The monoisotopic (exact) mass is 375 g/mol. The Labute approximate surface area is 146 Å². The molecule has 1 aromatic carbocycles. The lowest BCUT2D eigenvalue weighted by molar-refractivity contribution is -0.134. The third-order valence-electron chi connectivity index (χ3n) is 3.95. The lowest BCUT2D eigenvalue weighted by Crippen LogP contribution is -2.41. The van der Waals surface area contributed by atoms with Crippen LogP contribution in [-0.4, -0.2) is 42.7 Å². The minimum absolute atomic E-state index is 0.183. The second-order valence-corrected chi connectivity index (χ2v) is 6.66. The van der Waals surface area contributed by atoms with Gasteiger partial charge in [0.15, 0.2) is 5.13 Å². The summed E-state index contributed by atoms with van der Waals surface area (Å²) in [7, 11) is 0. The maximum atomic E-state index is 13.6. The van der Waals surface area contributed by atoms with E-state index in [-0.39, 0.29) is 17.0 Å². The summed E-state index contributed by atoms with van der Waals surface area (Å²) in [6, 6.07) is 6.07. The van der Waals surface area contributed by atoms with Gasteiger partial charge in [0, 0.05) is 19.6 Å². The van der Waals surface area contributed by atoms with Crippen molar-refractivity contribution >= 4 is 16.5 Å². The number of alkyl halides is 3. The molecule has 0 aliphatic carbocycles. The molecule has 0 radical (unpaired) electrons. The van der Waals surface area contributed by atoms with Gasteiger partial charge < -0.3 is 10.1 Å². The van der Waals surface area contributed by atoms with Crippen LogP contribution in [-0.2, 0) is 10.9 Å². The lowest BCUT2D eigenvalue weighted by atomic mass is 10.0. The smallest absolute Gasteiger partial charge is 0.379 e. The number of nitrogens with zero attached hydrogens (tertiary/aromatic N) is 2. The predicted octanol–water partition coefficient (Wildman–Crippen LogP) is 3.79. The first-order valence-electron chi connectivity index (χ1n) is 7.77. The van der Waals surface area contributed by atoms with E-state index in [1.807, 2.05) is 6.07 Å². The van der Waals surface area contributed by atoms with Gasteiger partial charge in [0.1, 0.15) is 10.7 Å². The van der Waals surface area contributed by atoms with Gasteiger partial charge in [-0.2, -0.15) is 13.2 Å². The highest BCUT2D eigenvalue weighted by molar-refractivity contribution is 7.15. The van der Waals surface area contributed by atoms with Crippen molar-refractivity contribution in [2.75, 3.05) is 38.2 Å². The second kappa shape index (κ2) is 7.67. The van der Waals surface area contributed by atoms with E-state index in [0.29, 0.717) is 44.2 Å².